The third-order valence-corrected chi connectivity index (χ3v) is 3.86. The monoisotopic (exact) mass is 280 g/mol. The molecule has 0 spiro atoms. The zero-order valence-corrected chi connectivity index (χ0v) is 12.0. The molecule has 0 aliphatic rings. The minimum atomic E-state index is -0.377. The van der Waals surface area contributed by atoms with Crippen molar-refractivity contribution in [1.29, 1.82) is 0 Å². The molecule has 0 bridgehead atoms. The van der Waals surface area contributed by atoms with E-state index >= 15 is 0 Å². The average molecular weight is 280 g/mol. The molecule has 0 N–H and O–H groups in total. The molecule has 19 heavy (non-hydrogen) atoms. The molecule has 102 valence electrons. The Labute approximate surface area is 115 Å². The Balaban J connectivity index is 2.23. The van der Waals surface area contributed by atoms with E-state index in [-0.39, 0.29) is 10.6 Å². The molecule has 0 aliphatic carbocycles. The highest BCUT2D eigenvalue weighted by molar-refractivity contribution is 7.09. The number of aryl methyl sites for hydroxylation is 2. The van der Waals surface area contributed by atoms with Crippen molar-refractivity contribution in [3.8, 4) is 0 Å². The predicted octanol–water partition coefficient (Wildman–Crippen LogP) is 2.87. The lowest BCUT2D eigenvalue weighted by molar-refractivity contribution is -0.386. The van der Waals surface area contributed by atoms with Crippen LogP contribution in [0.15, 0.2) is 5.38 Å². The van der Waals surface area contributed by atoms with E-state index < -0.39 is 0 Å². The summed E-state index contributed by atoms with van der Waals surface area (Å²) < 4.78 is 1.65. The number of hydrogen-bond donors (Lipinski definition) is 0. The highest BCUT2D eigenvalue weighted by Crippen LogP contribution is 2.23. The summed E-state index contributed by atoms with van der Waals surface area (Å²) in [5, 5.41) is 18.3. The summed E-state index contributed by atoms with van der Waals surface area (Å²) in [5.41, 5.74) is 2.04. The largest absolute Gasteiger partial charge is 0.312 e. The van der Waals surface area contributed by atoms with Crippen LogP contribution in [0.2, 0.25) is 0 Å². The van der Waals surface area contributed by atoms with Crippen molar-refractivity contribution in [1.82, 2.24) is 14.8 Å². The number of hydrogen-bond acceptors (Lipinski definition) is 5. The lowest BCUT2D eigenvalue weighted by atomic mass is 10.3. The van der Waals surface area contributed by atoms with Crippen LogP contribution in [0.1, 0.15) is 35.4 Å². The van der Waals surface area contributed by atoms with E-state index in [1.54, 1.807) is 29.9 Å². The topological polar surface area (TPSA) is 73.8 Å². The summed E-state index contributed by atoms with van der Waals surface area (Å²) in [6, 6.07) is 0. The number of nitrogens with zero attached hydrogens (tertiary/aromatic N) is 4. The summed E-state index contributed by atoms with van der Waals surface area (Å²) in [4.78, 5) is 15.1. The van der Waals surface area contributed by atoms with E-state index in [1.165, 1.54) is 0 Å². The SMILES string of the molecule is CCCc1nc(Cn2nc(C)c([N+](=O)[O-])c2C)cs1. The van der Waals surface area contributed by atoms with Gasteiger partial charge in [-0.05, 0) is 26.7 Å². The van der Waals surface area contributed by atoms with Gasteiger partial charge in [0.2, 0.25) is 0 Å². The minimum Gasteiger partial charge on any atom is -0.258 e. The molecule has 0 fully saturated rings. The maximum Gasteiger partial charge on any atom is 0.312 e. The number of aromatic nitrogens is 3. The summed E-state index contributed by atoms with van der Waals surface area (Å²) in [6.45, 7) is 5.98. The highest BCUT2D eigenvalue weighted by Gasteiger charge is 2.21. The summed E-state index contributed by atoms with van der Waals surface area (Å²) in [6.07, 6.45) is 2.04. The molecule has 7 heteroatoms. The molecule has 2 aromatic heterocycles. The molecule has 0 aromatic carbocycles. The fourth-order valence-corrected chi connectivity index (χ4v) is 2.90. The Kier molecular flexibility index (Phi) is 3.94. The van der Waals surface area contributed by atoms with Crippen LogP contribution in [0.5, 0.6) is 0 Å². The first-order valence-corrected chi connectivity index (χ1v) is 7.02. The van der Waals surface area contributed by atoms with Gasteiger partial charge in [-0.15, -0.1) is 11.3 Å². The second-order valence-electron chi connectivity index (χ2n) is 4.42. The molecule has 2 aromatic rings. The first kappa shape index (κ1) is 13.7. The molecule has 0 aliphatic heterocycles. The number of rotatable bonds is 5. The summed E-state index contributed by atoms with van der Waals surface area (Å²) in [5.74, 6) is 0. The third-order valence-electron chi connectivity index (χ3n) is 2.90. The normalized spacial score (nSPS) is 10.9. The molecule has 0 atom stereocenters. The lowest BCUT2D eigenvalue weighted by Crippen LogP contribution is -2.05. The molecule has 2 rings (SSSR count). The van der Waals surface area contributed by atoms with Gasteiger partial charge in [-0.25, -0.2) is 4.98 Å². The Morgan fingerprint density at radius 2 is 2.21 bits per heavy atom. The van der Waals surface area contributed by atoms with Crippen molar-refractivity contribution < 1.29 is 4.92 Å². The van der Waals surface area contributed by atoms with Gasteiger partial charge in [0, 0.05) is 5.38 Å². The molecule has 0 saturated carbocycles. The molecule has 2 heterocycles. The fourth-order valence-electron chi connectivity index (χ4n) is 2.01. The van der Waals surface area contributed by atoms with Gasteiger partial charge in [-0.3, -0.25) is 14.8 Å². The molecule has 0 saturated heterocycles. The van der Waals surface area contributed by atoms with Crippen LogP contribution in [0, 0.1) is 24.0 Å². The first-order valence-electron chi connectivity index (χ1n) is 6.14. The minimum absolute atomic E-state index is 0.101. The van der Waals surface area contributed by atoms with Crippen molar-refractivity contribution in [3.05, 3.63) is 37.6 Å². The van der Waals surface area contributed by atoms with Crippen molar-refractivity contribution in [2.75, 3.05) is 0 Å². The Bertz CT molecular complexity index is 603. The average Bonchev–Trinajstić information content (AvgIpc) is 2.86. The van der Waals surface area contributed by atoms with Gasteiger partial charge in [0.25, 0.3) is 0 Å². The van der Waals surface area contributed by atoms with Gasteiger partial charge >= 0.3 is 5.69 Å². The lowest BCUT2D eigenvalue weighted by Gasteiger charge is -2.00. The molecule has 0 unspecified atom stereocenters. The maximum atomic E-state index is 10.9. The van der Waals surface area contributed by atoms with Crippen LogP contribution >= 0.6 is 11.3 Å². The van der Waals surface area contributed by atoms with Gasteiger partial charge < -0.3 is 0 Å². The Hall–Kier alpha value is -1.76. The smallest absolute Gasteiger partial charge is 0.258 e. The zero-order chi connectivity index (χ0) is 14.0. The van der Waals surface area contributed by atoms with E-state index in [4.69, 9.17) is 0 Å². The second kappa shape index (κ2) is 5.48. The van der Waals surface area contributed by atoms with Crippen LogP contribution in [-0.4, -0.2) is 19.7 Å². The van der Waals surface area contributed by atoms with E-state index in [0.29, 0.717) is 17.9 Å². The van der Waals surface area contributed by atoms with Crippen LogP contribution in [0.25, 0.3) is 0 Å². The summed E-state index contributed by atoms with van der Waals surface area (Å²) >= 11 is 1.63. The van der Waals surface area contributed by atoms with Crippen LogP contribution in [0.4, 0.5) is 5.69 Å². The van der Waals surface area contributed by atoms with E-state index in [9.17, 15) is 10.1 Å². The van der Waals surface area contributed by atoms with Crippen molar-refractivity contribution in [3.63, 3.8) is 0 Å². The van der Waals surface area contributed by atoms with Crippen molar-refractivity contribution in [2.24, 2.45) is 0 Å². The fraction of sp³-hybridized carbons (Fsp3) is 0.500. The zero-order valence-electron chi connectivity index (χ0n) is 11.2. The van der Waals surface area contributed by atoms with Gasteiger partial charge in [0.05, 0.1) is 22.2 Å². The van der Waals surface area contributed by atoms with Crippen molar-refractivity contribution >= 4 is 17.0 Å². The van der Waals surface area contributed by atoms with Crippen LogP contribution in [0.3, 0.4) is 0 Å². The van der Waals surface area contributed by atoms with E-state index in [0.717, 1.165) is 23.5 Å². The van der Waals surface area contributed by atoms with Crippen LogP contribution in [-0.2, 0) is 13.0 Å². The summed E-state index contributed by atoms with van der Waals surface area (Å²) in [7, 11) is 0. The van der Waals surface area contributed by atoms with Gasteiger partial charge in [-0.1, -0.05) is 6.92 Å². The van der Waals surface area contributed by atoms with E-state index in [1.807, 2.05) is 5.38 Å². The second-order valence-corrected chi connectivity index (χ2v) is 5.36. The van der Waals surface area contributed by atoms with Gasteiger partial charge in [0.1, 0.15) is 11.4 Å². The predicted molar refractivity (Wildman–Crippen MR) is 73.6 cm³/mol. The standard InChI is InChI=1S/C12H16N4O2S/c1-4-5-11-13-10(7-19-11)6-15-9(3)12(16(17)18)8(2)14-15/h7H,4-6H2,1-3H3. The molecular formula is C12H16N4O2S. The number of thiazole rings is 1. The number of nitro groups is 1. The van der Waals surface area contributed by atoms with Crippen molar-refractivity contribution in [2.45, 2.75) is 40.2 Å². The van der Waals surface area contributed by atoms with Gasteiger partial charge in [-0.2, -0.15) is 5.10 Å². The quantitative estimate of drug-likeness (QED) is 0.623. The van der Waals surface area contributed by atoms with E-state index in [2.05, 4.69) is 17.0 Å². The molecule has 0 radical (unpaired) electrons. The Morgan fingerprint density at radius 3 is 2.79 bits per heavy atom. The molecule has 6 nitrogen and oxygen atoms in total. The van der Waals surface area contributed by atoms with Crippen LogP contribution < -0.4 is 0 Å². The molecular weight excluding hydrogens is 264 g/mol. The first-order chi connectivity index (χ1) is 9.02. The highest BCUT2D eigenvalue weighted by atomic mass is 32.1. The van der Waals surface area contributed by atoms with Gasteiger partial charge in [0.15, 0.2) is 0 Å². The molecule has 0 amide bonds. The Morgan fingerprint density at radius 1 is 1.47 bits per heavy atom. The third kappa shape index (κ3) is 2.81. The maximum absolute atomic E-state index is 10.9.